The van der Waals surface area contributed by atoms with Crippen LogP contribution in [0.3, 0.4) is 0 Å². The van der Waals surface area contributed by atoms with Gasteiger partial charge in [-0.15, -0.1) is 0 Å². The summed E-state index contributed by atoms with van der Waals surface area (Å²) in [5.41, 5.74) is 2.53. The highest BCUT2D eigenvalue weighted by Gasteiger charge is 2.43. The molecule has 0 bridgehead atoms. The number of rotatable bonds is 4. The Kier molecular flexibility index (Phi) is 3.61. The van der Waals surface area contributed by atoms with Crippen molar-refractivity contribution in [3.05, 3.63) is 36.7 Å². The molecule has 1 aliphatic rings. The first-order valence-corrected chi connectivity index (χ1v) is 9.27. The summed E-state index contributed by atoms with van der Waals surface area (Å²) in [5, 5.41) is 4.63. The zero-order valence-corrected chi connectivity index (χ0v) is 15.1. The number of benzene rings is 1. The Labute approximate surface area is 157 Å². The number of nitrogens with one attached hydrogen (secondary N) is 2. The van der Waals surface area contributed by atoms with E-state index < -0.39 is 12.1 Å². The number of hydrogen-bond acceptors (Lipinski definition) is 5. The van der Waals surface area contributed by atoms with E-state index in [-0.39, 0.29) is 5.91 Å². The molecular formula is C19H15FN4O2S. The van der Waals surface area contributed by atoms with Crippen molar-refractivity contribution in [1.29, 1.82) is 0 Å². The minimum atomic E-state index is -1.03. The van der Waals surface area contributed by atoms with Crippen LogP contribution in [-0.4, -0.2) is 33.5 Å². The highest BCUT2D eigenvalue weighted by atomic mass is 32.1. The molecule has 8 heteroatoms. The molecule has 4 aromatic rings. The first-order chi connectivity index (χ1) is 13.1. The topological polar surface area (TPSA) is 79.9 Å². The van der Waals surface area contributed by atoms with E-state index in [9.17, 15) is 9.18 Å². The van der Waals surface area contributed by atoms with Gasteiger partial charge in [0.1, 0.15) is 23.4 Å². The number of methoxy groups -OCH3 is 1. The molecule has 1 fully saturated rings. The summed E-state index contributed by atoms with van der Waals surface area (Å²) in [6.45, 7) is 0. The maximum atomic E-state index is 13.0. The normalized spacial score (nSPS) is 18.7. The van der Waals surface area contributed by atoms with Gasteiger partial charge in [0.05, 0.1) is 17.7 Å². The standard InChI is InChI=1S/C19H15FN4O2S/c1-26-15-6-16-9(7-22-27-16)4-11(15)13-8-21-18-10(13)2-3-17(23-18)24-19(25)12-5-14(12)20/h2-4,6-8,12,14H,5H2,1H3,(H2,21,23,24,25)/t12-,14+/m1/s1. The zero-order chi connectivity index (χ0) is 18.5. The number of halogens is 1. The lowest BCUT2D eigenvalue weighted by Gasteiger charge is -2.08. The number of hydrogen-bond donors (Lipinski definition) is 2. The van der Waals surface area contributed by atoms with E-state index in [1.807, 2.05) is 30.6 Å². The third-order valence-electron chi connectivity index (χ3n) is 4.80. The van der Waals surface area contributed by atoms with E-state index >= 15 is 0 Å². The maximum absolute atomic E-state index is 13.0. The first kappa shape index (κ1) is 16.2. The molecule has 2 N–H and O–H groups in total. The van der Waals surface area contributed by atoms with Gasteiger partial charge in [0, 0.05) is 40.4 Å². The minimum Gasteiger partial charge on any atom is -0.496 e. The molecule has 3 aromatic heterocycles. The second kappa shape index (κ2) is 6.02. The van der Waals surface area contributed by atoms with Crippen LogP contribution in [0.4, 0.5) is 10.2 Å². The molecule has 27 heavy (non-hydrogen) atoms. The van der Waals surface area contributed by atoms with E-state index in [1.165, 1.54) is 11.5 Å². The number of fused-ring (bicyclic) bond motifs is 2. The number of aromatic amines is 1. The van der Waals surface area contributed by atoms with Crippen molar-refractivity contribution >= 4 is 44.4 Å². The summed E-state index contributed by atoms with van der Waals surface area (Å²) in [7, 11) is 1.64. The van der Waals surface area contributed by atoms with Crippen molar-refractivity contribution in [2.45, 2.75) is 12.6 Å². The molecule has 0 aliphatic heterocycles. The Hall–Kier alpha value is -3.00. The predicted molar refractivity (Wildman–Crippen MR) is 103 cm³/mol. The fourth-order valence-electron chi connectivity index (χ4n) is 3.23. The minimum absolute atomic E-state index is 0.292. The van der Waals surface area contributed by atoms with Gasteiger partial charge in [-0.3, -0.25) is 4.79 Å². The van der Waals surface area contributed by atoms with E-state index in [0.29, 0.717) is 17.9 Å². The second-order valence-electron chi connectivity index (χ2n) is 6.56. The molecule has 1 saturated carbocycles. The number of carbonyl (C=O) groups excluding carboxylic acids is 1. The van der Waals surface area contributed by atoms with Crippen molar-refractivity contribution < 1.29 is 13.9 Å². The number of pyridine rings is 1. The molecule has 1 aromatic carbocycles. The molecule has 0 saturated heterocycles. The Morgan fingerprint density at radius 1 is 1.37 bits per heavy atom. The summed E-state index contributed by atoms with van der Waals surface area (Å²) in [5.74, 6) is 0.298. The van der Waals surface area contributed by atoms with Crippen LogP contribution in [0.2, 0.25) is 0 Å². The lowest BCUT2D eigenvalue weighted by Crippen LogP contribution is -2.15. The predicted octanol–water partition coefficient (Wildman–Crippen LogP) is 4.14. The second-order valence-corrected chi connectivity index (χ2v) is 7.39. The molecule has 0 radical (unpaired) electrons. The lowest BCUT2D eigenvalue weighted by molar-refractivity contribution is -0.117. The van der Waals surface area contributed by atoms with E-state index in [2.05, 4.69) is 19.7 Å². The van der Waals surface area contributed by atoms with Crippen LogP contribution in [0.25, 0.3) is 32.2 Å². The SMILES string of the molecule is COc1cc2sncc2cc1-c1c[nH]c2nc(NC(=O)[C@@H]3C[C@@H]3F)ccc12. The van der Waals surface area contributed by atoms with Crippen molar-refractivity contribution in [1.82, 2.24) is 14.3 Å². The summed E-state index contributed by atoms with van der Waals surface area (Å²) in [6, 6.07) is 7.64. The number of amides is 1. The molecule has 0 unspecified atom stereocenters. The van der Waals surface area contributed by atoms with Crippen LogP contribution in [-0.2, 0) is 4.79 Å². The summed E-state index contributed by atoms with van der Waals surface area (Å²) in [6.07, 6.45) is 2.96. The maximum Gasteiger partial charge on any atom is 0.231 e. The molecule has 5 rings (SSSR count). The molecule has 136 valence electrons. The van der Waals surface area contributed by atoms with Gasteiger partial charge < -0.3 is 15.0 Å². The van der Waals surface area contributed by atoms with E-state index in [0.717, 1.165) is 32.3 Å². The molecule has 2 atom stereocenters. The van der Waals surface area contributed by atoms with E-state index in [1.54, 1.807) is 13.2 Å². The highest BCUT2D eigenvalue weighted by Crippen LogP contribution is 2.39. The van der Waals surface area contributed by atoms with Crippen LogP contribution >= 0.6 is 11.5 Å². The number of anilines is 1. The zero-order valence-electron chi connectivity index (χ0n) is 14.3. The average Bonchev–Trinajstić information content (AvgIpc) is 3.07. The van der Waals surface area contributed by atoms with Crippen LogP contribution in [0, 0.1) is 5.92 Å². The molecule has 6 nitrogen and oxygen atoms in total. The van der Waals surface area contributed by atoms with Crippen LogP contribution in [0.5, 0.6) is 5.75 Å². The summed E-state index contributed by atoms with van der Waals surface area (Å²) >= 11 is 1.42. The first-order valence-electron chi connectivity index (χ1n) is 8.50. The number of alkyl halides is 1. The van der Waals surface area contributed by atoms with Gasteiger partial charge in [-0.25, -0.2) is 9.37 Å². The van der Waals surface area contributed by atoms with Crippen molar-refractivity contribution in [2.75, 3.05) is 12.4 Å². The molecule has 3 heterocycles. The van der Waals surface area contributed by atoms with Gasteiger partial charge in [0.25, 0.3) is 0 Å². The number of ether oxygens (including phenoxy) is 1. The third-order valence-corrected chi connectivity index (χ3v) is 5.57. The fourth-order valence-corrected chi connectivity index (χ4v) is 3.89. The Bertz CT molecular complexity index is 1190. The van der Waals surface area contributed by atoms with Crippen LogP contribution < -0.4 is 10.1 Å². The molecule has 0 spiro atoms. The van der Waals surface area contributed by atoms with Crippen LogP contribution in [0.1, 0.15) is 6.42 Å². The van der Waals surface area contributed by atoms with Gasteiger partial charge in [0.2, 0.25) is 5.91 Å². The lowest BCUT2D eigenvalue weighted by atomic mass is 10.0. The third kappa shape index (κ3) is 2.73. The van der Waals surface area contributed by atoms with E-state index in [4.69, 9.17) is 4.74 Å². The number of carbonyl (C=O) groups is 1. The van der Waals surface area contributed by atoms with Gasteiger partial charge >= 0.3 is 0 Å². The molecular weight excluding hydrogens is 367 g/mol. The quantitative estimate of drug-likeness (QED) is 0.556. The summed E-state index contributed by atoms with van der Waals surface area (Å²) in [4.78, 5) is 19.5. The highest BCUT2D eigenvalue weighted by molar-refractivity contribution is 7.13. The van der Waals surface area contributed by atoms with Crippen molar-refractivity contribution in [3.8, 4) is 16.9 Å². The van der Waals surface area contributed by atoms with Crippen LogP contribution in [0.15, 0.2) is 36.7 Å². The van der Waals surface area contributed by atoms with Crippen molar-refractivity contribution in [3.63, 3.8) is 0 Å². The number of nitrogens with zero attached hydrogens (tertiary/aromatic N) is 2. The average molecular weight is 382 g/mol. The van der Waals surface area contributed by atoms with Gasteiger partial charge in [-0.05, 0) is 36.2 Å². The molecule has 1 amide bonds. The Balaban J connectivity index is 1.54. The Morgan fingerprint density at radius 3 is 3.00 bits per heavy atom. The van der Waals surface area contributed by atoms with Gasteiger partial charge in [-0.2, -0.15) is 4.37 Å². The molecule has 1 aliphatic carbocycles. The smallest absolute Gasteiger partial charge is 0.231 e. The summed E-state index contributed by atoms with van der Waals surface area (Å²) < 4.78 is 23.9. The number of aromatic nitrogens is 3. The number of H-pyrrole nitrogens is 1. The largest absolute Gasteiger partial charge is 0.496 e. The Morgan fingerprint density at radius 2 is 2.22 bits per heavy atom. The van der Waals surface area contributed by atoms with Gasteiger partial charge in [0.15, 0.2) is 0 Å². The van der Waals surface area contributed by atoms with Gasteiger partial charge in [-0.1, -0.05) is 0 Å². The monoisotopic (exact) mass is 382 g/mol. The fraction of sp³-hybridized carbons (Fsp3) is 0.211. The van der Waals surface area contributed by atoms with Crippen molar-refractivity contribution in [2.24, 2.45) is 5.92 Å².